The van der Waals surface area contributed by atoms with Gasteiger partial charge in [0.15, 0.2) is 0 Å². The lowest BCUT2D eigenvalue weighted by molar-refractivity contribution is 0.628. The lowest BCUT2D eigenvalue weighted by atomic mass is 10.0. The van der Waals surface area contributed by atoms with E-state index in [1.54, 1.807) is 23.9 Å². The highest BCUT2D eigenvalue weighted by Crippen LogP contribution is 2.36. The van der Waals surface area contributed by atoms with Crippen molar-refractivity contribution in [3.05, 3.63) is 58.8 Å². The van der Waals surface area contributed by atoms with E-state index >= 15 is 0 Å². The fourth-order valence-corrected chi connectivity index (χ4v) is 2.68. The Balaban J connectivity index is 2.23. The van der Waals surface area contributed by atoms with Crippen LogP contribution in [-0.4, -0.2) is 9.78 Å². The number of rotatable bonds is 2. The van der Waals surface area contributed by atoms with Gasteiger partial charge in [0.05, 0.1) is 5.56 Å². The zero-order valence-corrected chi connectivity index (χ0v) is 12.9. The van der Waals surface area contributed by atoms with Crippen molar-refractivity contribution in [1.29, 1.82) is 0 Å². The van der Waals surface area contributed by atoms with Gasteiger partial charge in [-0.15, -0.1) is 0 Å². The van der Waals surface area contributed by atoms with E-state index < -0.39 is 0 Å². The maximum Gasteiger partial charge on any atom is 0.129 e. The average molecular weight is 346 g/mol. The van der Waals surface area contributed by atoms with Crippen LogP contribution in [0.4, 0.5) is 10.2 Å². The highest BCUT2D eigenvalue weighted by Gasteiger charge is 2.17. The highest BCUT2D eigenvalue weighted by molar-refractivity contribution is 9.10. The molecule has 0 radical (unpaired) electrons. The molecular formula is C16H13BrFN3. The van der Waals surface area contributed by atoms with Crippen LogP contribution in [-0.2, 0) is 7.05 Å². The molecule has 0 amide bonds. The van der Waals surface area contributed by atoms with Crippen molar-refractivity contribution in [2.75, 3.05) is 5.73 Å². The number of nitrogens with two attached hydrogens (primary N) is 1. The smallest absolute Gasteiger partial charge is 0.129 e. The van der Waals surface area contributed by atoms with Crippen LogP contribution in [0.25, 0.3) is 22.4 Å². The molecule has 5 heteroatoms. The van der Waals surface area contributed by atoms with E-state index in [4.69, 9.17) is 5.73 Å². The van der Waals surface area contributed by atoms with Crippen LogP contribution < -0.4 is 5.73 Å². The third-order valence-corrected chi connectivity index (χ3v) is 3.82. The first-order valence-corrected chi connectivity index (χ1v) is 7.20. The van der Waals surface area contributed by atoms with Crippen molar-refractivity contribution < 1.29 is 4.39 Å². The number of hydrogen-bond donors (Lipinski definition) is 1. The summed E-state index contributed by atoms with van der Waals surface area (Å²) in [6, 6.07) is 14.1. The number of anilines is 1. The molecule has 0 saturated carbocycles. The van der Waals surface area contributed by atoms with Gasteiger partial charge in [-0.3, -0.25) is 4.68 Å². The number of nitrogens with zero attached hydrogens (tertiary/aromatic N) is 2. The Labute approximate surface area is 130 Å². The molecule has 21 heavy (non-hydrogen) atoms. The van der Waals surface area contributed by atoms with E-state index in [0.717, 1.165) is 26.9 Å². The zero-order chi connectivity index (χ0) is 15.0. The van der Waals surface area contributed by atoms with Gasteiger partial charge in [0.2, 0.25) is 0 Å². The van der Waals surface area contributed by atoms with E-state index in [-0.39, 0.29) is 5.82 Å². The Hall–Kier alpha value is -2.14. The molecular weight excluding hydrogens is 333 g/mol. The van der Waals surface area contributed by atoms with Crippen molar-refractivity contribution in [2.45, 2.75) is 0 Å². The van der Waals surface area contributed by atoms with Gasteiger partial charge in [-0.05, 0) is 29.8 Å². The summed E-state index contributed by atoms with van der Waals surface area (Å²) in [7, 11) is 1.80. The molecule has 106 valence electrons. The third-order valence-electron chi connectivity index (χ3n) is 3.32. The predicted octanol–water partition coefficient (Wildman–Crippen LogP) is 4.24. The molecule has 3 rings (SSSR count). The minimum absolute atomic E-state index is 0.273. The summed E-state index contributed by atoms with van der Waals surface area (Å²) >= 11 is 3.46. The summed E-state index contributed by atoms with van der Waals surface area (Å²) < 4.78 is 15.7. The molecule has 1 heterocycles. The van der Waals surface area contributed by atoms with E-state index in [2.05, 4.69) is 21.0 Å². The molecule has 0 aliphatic rings. The van der Waals surface area contributed by atoms with Crippen molar-refractivity contribution in [2.24, 2.45) is 7.05 Å². The minimum Gasteiger partial charge on any atom is -0.383 e. The molecule has 0 atom stereocenters. The molecule has 0 fully saturated rings. The highest BCUT2D eigenvalue weighted by atomic mass is 79.9. The first-order chi connectivity index (χ1) is 10.1. The molecule has 3 nitrogen and oxygen atoms in total. The van der Waals surface area contributed by atoms with Crippen molar-refractivity contribution in [1.82, 2.24) is 9.78 Å². The lowest BCUT2D eigenvalue weighted by Crippen LogP contribution is -1.97. The monoisotopic (exact) mass is 345 g/mol. The fraction of sp³-hybridized carbons (Fsp3) is 0.0625. The molecule has 3 aromatic rings. The number of aryl methyl sites for hydroxylation is 1. The summed E-state index contributed by atoms with van der Waals surface area (Å²) in [5.74, 6) is 0.279. The van der Waals surface area contributed by atoms with E-state index in [1.165, 1.54) is 12.1 Å². The predicted molar refractivity (Wildman–Crippen MR) is 86.2 cm³/mol. The Morgan fingerprint density at radius 3 is 2.48 bits per heavy atom. The maximum atomic E-state index is 13.1. The van der Waals surface area contributed by atoms with Crippen LogP contribution in [0.1, 0.15) is 0 Å². The lowest BCUT2D eigenvalue weighted by Gasteiger charge is -2.05. The topological polar surface area (TPSA) is 43.8 Å². The first kappa shape index (κ1) is 13.8. The molecule has 0 saturated heterocycles. The van der Waals surface area contributed by atoms with Gasteiger partial charge in [-0.2, -0.15) is 5.10 Å². The normalized spacial score (nSPS) is 10.8. The molecule has 0 aliphatic carbocycles. The fourth-order valence-electron chi connectivity index (χ4n) is 2.28. The van der Waals surface area contributed by atoms with Gasteiger partial charge < -0.3 is 5.73 Å². The second-order valence-electron chi connectivity index (χ2n) is 4.75. The zero-order valence-electron chi connectivity index (χ0n) is 11.3. The summed E-state index contributed by atoms with van der Waals surface area (Å²) in [5, 5.41) is 4.50. The minimum atomic E-state index is -0.273. The molecule has 2 aromatic carbocycles. The Morgan fingerprint density at radius 1 is 1.10 bits per heavy atom. The third kappa shape index (κ3) is 2.56. The van der Waals surface area contributed by atoms with Crippen LogP contribution >= 0.6 is 15.9 Å². The molecule has 2 N–H and O–H groups in total. The van der Waals surface area contributed by atoms with E-state index in [0.29, 0.717) is 5.82 Å². The second kappa shape index (κ2) is 5.33. The molecule has 0 bridgehead atoms. The van der Waals surface area contributed by atoms with Gasteiger partial charge in [0, 0.05) is 17.1 Å². The van der Waals surface area contributed by atoms with Crippen LogP contribution in [0.5, 0.6) is 0 Å². The van der Waals surface area contributed by atoms with Crippen LogP contribution in [0, 0.1) is 5.82 Å². The van der Waals surface area contributed by atoms with Crippen LogP contribution in [0.2, 0.25) is 0 Å². The molecule has 0 spiro atoms. The van der Waals surface area contributed by atoms with Crippen LogP contribution in [0.3, 0.4) is 0 Å². The summed E-state index contributed by atoms with van der Waals surface area (Å²) in [5.41, 5.74) is 9.54. The number of halogens is 2. The molecule has 0 unspecified atom stereocenters. The van der Waals surface area contributed by atoms with Gasteiger partial charge in [-0.25, -0.2) is 4.39 Å². The van der Waals surface area contributed by atoms with E-state index in [1.807, 2.05) is 24.3 Å². The van der Waals surface area contributed by atoms with Gasteiger partial charge in [0.25, 0.3) is 0 Å². The SMILES string of the molecule is Cn1nc(-c2cccc(Br)c2)c(-c2ccc(F)cc2)c1N. The number of hydrogen-bond acceptors (Lipinski definition) is 2. The second-order valence-corrected chi connectivity index (χ2v) is 5.67. The maximum absolute atomic E-state index is 13.1. The van der Waals surface area contributed by atoms with Gasteiger partial charge >= 0.3 is 0 Å². The summed E-state index contributed by atoms with van der Waals surface area (Å²) in [6.07, 6.45) is 0. The quantitative estimate of drug-likeness (QED) is 0.754. The van der Waals surface area contributed by atoms with Gasteiger partial charge in [0.1, 0.15) is 17.3 Å². The van der Waals surface area contributed by atoms with Crippen molar-refractivity contribution in [3.8, 4) is 22.4 Å². The Bertz CT molecular complexity index is 794. The number of benzene rings is 2. The van der Waals surface area contributed by atoms with Gasteiger partial charge in [-0.1, -0.05) is 40.2 Å². The molecule has 0 aliphatic heterocycles. The first-order valence-electron chi connectivity index (χ1n) is 6.40. The summed E-state index contributed by atoms with van der Waals surface area (Å²) in [6.45, 7) is 0. The summed E-state index contributed by atoms with van der Waals surface area (Å²) in [4.78, 5) is 0. The number of aromatic nitrogens is 2. The Kier molecular flexibility index (Phi) is 3.51. The average Bonchev–Trinajstić information content (AvgIpc) is 2.76. The Morgan fingerprint density at radius 2 is 1.81 bits per heavy atom. The number of nitrogen functional groups attached to an aromatic ring is 1. The standard InChI is InChI=1S/C16H13BrFN3/c1-21-16(19)14(10-5-7-13(18)8-6-10)15(20-21)11-3-2-4-12(17)9-11/h2-9H,19H2,1H3. The molecule has 1 aromatic heterocycles. The largest absolute Gasteiger partial charge is 0.383 e. The van der Waals surface area contributed by atoms with E-state index in [9.17, 15) is 4.39 Å². The van der Waals surface area contributed by atoms with Crippen molar-refractivity contribution in [3.63, 3.8) is 0 Å². The van der Waals surface area contributed by atoms with Crippen LogP contribution in [0.15, 0.2) is 53.0 Å². The van der Waals surface area contributed by atoms with Crippen molar-refractivity contribution >= 4 is 21.7 Å².